The highest BCUT2D eigenvalue weighted by atomic mass is 32.4. The summed E-state index contributed by atoms with van der Waals surface area (Å²) in [6.45, 7) is 0. The predicted molar refractivity (Wildman–Crippen MR) is 207 cm³/mol. The molecule has 1 aromatic heterocycles. The molecule has 9 aromatic rings. The molecular weight excluding hydrogens is 638 g/mol. The zero-order valence-electron chi connectivity index (χ0n) is 26.1. The molecule has 3 nitrogen and oxygen atoms in total. The summed E-state index contributed by atoms with van der Waals surface area (Å²) in [4.78, 5) is 0. The number of ether oxygens (including phenoxy) is 2. The Bertz CT molecular complexity index is 2870. The lowest BCUT2D eigenvalue weighted by molar-refractivity contribution is 0.469. The summed E-state index contributed by atoms with van der Waals surface area (Å²) in [6, 6.07) is 53.2. The minimum Gasteiger partial charge on any atom is -0.456 e. The van der Waals surface area contributed by atoms with Gasteiger partial charge in [-0.1, -0.05) is 121 Å². The summed E-state index contributed by atoms with van der Waals surface area (Å²) in [6.07, 6.45) is 0. The van der Waals surface area contributed by atoms with Crippen LogP contribution in [0.15, 0.2) is 158 Å². The van der Waals surface area contributed by atoms with E-state index < -0.39 is 6.04 Å². The van der Waals surface area contributed by atoms with Crippen molar-refractivity contribution in [3.8, 4) is 39.8 Å². The molecule has 0 N–H and O–H groups in total. The van der Waals surface area contributed by atoms with Crippen LogP contribution in [0.5, 0.6) is 23.0 Å². The molecule has 11 rings (SSSR count). The number of rotatable bonds is 2. The number of hydrogen-bond acceptors (Lipinski definition) is 3. The lowest BCUT2D eigenvalue weighted by Gasteiger charge is -2.38. The van der Waals surface area contributed by atoms with Gasteiger partial charge in [0.1, 0.15) is 23.0 Å². The third kappa shape index (κ3) is 3.65. The van der Waals surface area contributed by atoms with Crippen molar-refractivity contribution in [1.82, 2.24) is 4.57 Å². The van der Waals surface area contributed by atoms with Crippen LogP contribution in [0.4, 0.5) is 0 Å². The smallest absolute Gasteiger partial charge is 0.145 e. The number of nitrogens with zero attached hydrogens (tertiary/aromatic N) is 1. The minimum absolute atomic E-state index is 0.781. The lowest BCUT2D eigenvalue weighted by Crippen LogP contribution is -2.35. The van der Waals surface area contributed by atoms with Gasteiger partial charge in [-0.2, -0.15) is 0 Å². The molecule has 49 heavy (non-hydrogen) atoms. The molecule has 0 amide bonds. The molecule has 0 radical (unpaired) electrons. The van der Waals surface area contributed by atoms with Crippen molar-refractivity contribution >= 4 is 77.1 Å². The van der Waals surface area contributed by atoms with E-state index in [1.165, 1.54) is 32.6 Å². The van der Waals surface area contributed by atoms with Crippen molar-refractivity contribution < 1.29 is 9.47 Å². The first-order chi connectivity index (χ1) is 24.2. The molecule has 230 valence electrons. The maximum atomic E-state index is 7.04. The van der Waals surface area contributed by atoms with Crippen molar-refractivity contribution in [2.45, 2.75) is 0 Å². The fourth-order valence-corrected chi connectivity index (χ4v) is 12.9. The van der Waals surface area contributed by atoms with Gasteiger partial charge in [-0.25, -0.2) is 0 Å². The standard InChI is InChI=1S/C44H26NO2PS/c49-48-41-20-10-9-19-38(41)46-39-25-28(27-21-23-29(24-22-27)45-36-17-7-5-13-32(36)33-14-6-8-18-37(33)45)26-40(44(39)48)47-42-34-15-3-1-11-30(34)31-12-2-4-16-35(31)43(42)48/h1-26H. The molecule has 8 aromatic carbocycles. The van der Waals surface area contributed by atoms with Gasteiger partial charge in [-0.05, 0) is 75.8 Å². The molecule has 0 saturated carbocycles. The van der Waals surface area contributed by atoms with Crippen LogP contribution in [0.25, 0.3) is 60.2 Å². The van der Waals surface area contributed by atoms with Crippen LogP contribution >= 0.6 is 6.04 Å². The number of benzene rings is 8. The largest absolute Gasteiger partial charge is 0.456 e. The molecule has 0 saturated heterocycles. The molecule has 5 heteroatoms. The van der Waals surface area contributed by atoms with E-state index in [0.717, 1.165) is 66.5 Å². The molecule has 2 aliphatic heterocycles. The molecule has 0 spiro atoms. The predicted octanol–water partition coefficient (Wildman–Crippen LogP) is 10.7. The number of fused-ring (bicyclic) bond motifs is 12. The molecule has 3 heterocycles. The Labute approximate surface area is 287 Å². The molecule has 0 aliphatic carbocycles. The van der Waals surface area contributed by atoms with Gasteiger partial charge in [0.05, 0.1) is 22.4 Å². The summed E-state index contributed by atoms with van der Waals surface area (Å²) in [5, 5.41) is 10.3. The summed E-state index contributed by atoms with van der Waals surface area (Å²) < 4.78 is 16.1. The molecule has 0 bridgehead atoms. The topological polar surface area (TPSA) is 23.4 Å². The number of aromatic nitrogens is 1. The summed E-state index contributed by atoms with van der Waals surface area (Å²) >= 11 is 7.00. The Morgan fingerprint density at radius 1 is 0.429 bits per heavy atom. The maximum Gasteiger partial charge on any atom is 0.145 e. The summed E-state index contributed by atoms with van der Waals surface area (Å²) in [5.41, 5.74) is 5.61. The quantitative estimate of drug-likeness (QED) is 0.136. The van der Waals surface area contributed by atoms with E-state index in [9.17, 15) is 0 Å². The van der Waals surface area contributed by atoms with Gasteiger partial charge in [0.25, 0.3) is 0 Å². The molecule has 1 atom stereocenters. The summed E-state index contributed by atoms with van der Waals surface area (Å²) in [5.74, 6) is 3.26. The Morgan fingerprint density at radius 3 is 1.65 bits per heavy atom. The molecular formula is C44H26NO2PS. The Balaban J connectivity index is 1.13. The third-order valence-corrected chi connectivity index (χ3v) is 15.1. The first-order valence-electron chi connectivity index (χ1n) is 16.5. The van der Waals surface area contributed by atoms with Crippen LogP contribution < -0.4 is 25.4 Å². The minimum atomic E-state index is -2.58. The van der Waals surface area contributed by atoms with Crippen LogP contribution in [0.3, 0.4) is 0 Å². The van der Waals surface area contributed by atoms with E-state index in [2.05, 4.69) is 156 Å². The first kappa shape index (κ1) is 27.3. The zero-order valence-corrected chi connectivity index (χ0v) is 27.8. The van der Waals surface area contributed by atoms with Gasteiger partial charge in [0, 0.05) is 32.5 Å². The first-order valence-corrected chi connectivity index (χ1v) is 19.3. The highest BCUT2D eigenvalue weighted by molar-refractivity contribution is 8.26. The van der Waals surface area contributed by atoms with Crippen LogP contribution in [-0.4, -0.2) is 4.57 Å². The summed E-state index contributed by atoms with van der Waals surface area (Å²) in [7, 11) is 0. The van der Waals surface area contributed by atoms with E-state index in [1.807, 2.05) is 6.07 Å². The van der Waals surface area contributed by atoms with E-state index >= 15 is 0 Å². The maximum absolute atomic E-state index is 7.04. The Kier molecular flexibility index (Phi) is 5.53. The number of para-hydroxylation sites is 3. The van der Waals surface area contributed by atoms with Gasteiger partial charge in [0.2, 0.25) is 0 Å². The van der Waals surface area contributed by atoms with Gasteiger partial charge < -0.3 is 14.0 Å². The average Bonchev–Trinajstić information content (AvgIpc) is 3.49. The van der Waals surface area contributed by atoms with Crippen molar-refractivity contribution in [3.05, 3.63) is 158 Å². The van der Waals surface area contributed by atoms with Crippen LogP contribution in [-0.2, 0) is 11.8 Å². The van der Waals surface area contributed by atoms with Crippen molar-refractivity contribution in [2.24, 2.45) is 0 Å². The third-order valence-electron chi connectivity index (χ3n) is 10.2. The average molecular weight is 664 g/mol. The lowest BCUT2D eigenvalue weighted by atomic mass is 10.0. The van der Waals surface area contributed by atoms with Gasteiger partial charge in [-0.15, -0.1) is 0 Å². The van der Waals surface area contributed by atoms with Crippen molar-refractivity contribution in [3.63, 3.8) is 0 Å². The van der Waals surface area contributed by atoms with Crippen LogP contribution in [0.1, 0.15) is 0 Å². The van der Waals surface area contributed by atoms with Crippen LogP contribution in [0, 0.1) is 0 Å². The second kappa shape index (κ2) is 9.93. The van der Waals surface area contributed by atoms with Crippen molar-refractivity contribution in [2.75, 3.05) is 0 Å². The normalized spacial score (nSPS) is 15.8. The second-order valence-corrected chi connectivity index (χ2v) is 17.0. The Morgan fingerprint density at radius 2 is 0.959 bits per heavy atom. The van der Waals surface area contributed by atoms with E-state index in [0.29, 0.717) is 0 Å². The zero-order chi connectivity index (χ0) is 32.3. The molecule has 2 aliphatic rings. The Hall–Kier alpha value is -5.67. The van der Waals surface area contributed by atoms with Gasteiger partial charge in [-0.3, -0.25) is 0 Å². The SMILES string of the molecule is S=P12c3ccccc3Oc3cc(-c4ccc(-n5c6ccccc6c6ccccc65)cc4)cc(c31)Oc1c2c2ccccc2c2ccccc12. The fourth-order valence-electron chi connectivity index (χ4n) is 8.11. The van der Waals surface area contributed by atoms with Gasteiger partial charge in [0.15, 0.2) is 0 Å². The monoisotopic (exact) mass is 663 g/mol. The van der Waals surface area contributed by atoms with Crippen LogP contribution in [0.2, 0.25) is 0 Å². The molecule has 1 unspecified atom stereocenters. The van der Waals surface area contributed by atoms with E-state index in [1.54, 1.807) is 0 Å². The fraction of sp³-hybridized carbons (Fsp3) is 0. The highest BCUT2D eigenvalue weighted by Crippen LogP contribution is 2.61. The van der Waals surface area contributed by atoms with Gasteiger partial charge >= 0.3 is 0 Å². The number of hydrogen-bond donors (Lipinski definition) is 0. The highest BCUT2D eigenvalue weighted by Gasteiger charge is 2.44. The van der Waals surface area contributed by atoms with E-state index in [-0.39, 0.29) is 0 Å². The second-order valence-electron chi connectivity index (χ2n) is 12.8. The van der Waals surface area contributed by atoms with Crippen molar-refractivity contribution in [1.29, 1.82) is 0 Å². The molecule has 0 fully saturated rings. The van der Waals surface area contributed by atoms with E-state index in [4.69, 9.17) is 21.3 Å².